The maximum Gasteiger partial charge on any atom is 0.248 e. The van der Waals surface area contributed by atoms with Crippen LogP contribution in [0.5, 0.6) is 0 Å². The van der Waals surface area contributed by atoms with Crippen molar-refractivity contribution in [2.45, 2.75) is 26.7 Å². The summed E-state index contributed by atoms with van der Waals surface area (Å²) < 4.78 is 15.0. The molecule has 0 aliphatic carbocycles. The molecule has 2 amide bonds. The van der Waals surface area contributed by atoms with E-state index in [-0.39, 0.29) is 23.5 Å². The summed E-state index contributed by atoms with van der Waals surface area (Å²) in [5.74, 6) is -0.907. The third-order valence-electron chi connectivity index (χ3n) is 6.22. The Hall–Kier alpha value is -3.94. The lowest BCUT2D eigenvalue weighted by atomic mass is 9.96. The van der Waals surface area contributed by atoms with E-state index in [2.05, 4.69) is 15.3 Å². The van der Waals surface area contributed by atoms with Gasteiger partial charge in [0.25, 0.3) is 0 Å². The number of aromatic nitrogens is 2. The Balaban J connectivity index is 1.47. The topological polar surface area (TPSA) is 93.2 Å². The Bertz CT molecular complexity index is 1220. The van der Waals surface area contributed by atoms with Crippen LogP contribution in [-0.2, 0) is 9.59 Å². The average Bonchev–Trinajstić information content (AvgIpc) is 3.11. The number of aryl methyl sites for hydroxylation is 1. The number of hydrogen-bond donors (Lipinski definition) is 2. The Morgan fingerprint density at radius 3 is 2.44 bits per heavy atom. The first-order chi connectivity index (χ1) is 16.3. The van der Waals surface area contributed by atoms with Crippen molar-refractivity contribution in [3.63, 3.8) is 0 Å². The molecule has 2 heterocycles. The molecule has 1 aliphatic heterocycles. The molecule has 0 spiro atoms. The highest BCUT2D eigenvalue weighted by Gasteiger charge is 2.24. The van der Waals surface area contributed by atoms with E-state index >= 15 is 0 Å². The number of nitrogens with two attached hydrogens (primary N) is 1. The van der Waals surface area contributed by atoms with Gasteiger partial charge in [-0.05, 0) is 69.2 Å². The van der Waals surface area contributed by atoms with Crippen molar-refractivity contribution in [3.05, 3.63) is 77.4 Å². The summed E-state index contributed by atoms with van der Waals surface area (Å²) in [6.45, 7) is 5.19. The predicted molar refractivity (Wildman–Crippen MR) is 131 cm³/mol. The molecule has 3 aromatic rings. The smallest absolute Gasteiger partial charge is 0.248 e. The van der Waals surface area contributed by atoms with Crippen LogP contribution < -0.4 is 16.0 Å². The Labute approximate surface area is 198 Å². The standard InChI is InChI=1S/C26H28FN5O2/c1-17-22(18(2)32(30-17)21-9-7-20(27)8-10-21)11-12-25(33)29-23-5-3-4-6-24(23)31-15-13-19(14-16-31)26(28)34/h3-12,19H,13-16H2,1-2H3,(H2,28,34)(H,29,33)/b12-11+. The maximum atomic E-state index is 13.3. The Morgan fingerprint density at radius 2 is 1.76 bits per heavy atom. The lowest BCUT2D eigenvalue weighted by Crippen LogP contribution is -2.38. The monoisotopic (exact) mass is 461 g/mol. The van der Waals surface area contributed by atoms with Crippen LogP contribution in [0.4, 0.5) is 15.8 Å². The van der Waals surface area contributed by atoms with Crippen molar-refractivity contribution in [2.24, 2.45) is 11.7 Å². The van der Waals surface area contributed by atoms with Crippen molar-refractivity contribution in [1.29, 1.82) is 0 Å². The normalized spacial score (nSPS) is 14.5. The molecular weight excluding hydrogens is 433 g/mol. The van der Waals surface area contributed by atoms with Gasteiger partial charge in [-0.3, -0.25) is 9.59 Å². The predicted octanol–water partition coefficient (Wildman–Crippen LogP) is 3.98. The minimum atomic E-state index is -0.306. The first kappa shape index (κ1) is 23.2. The first-order valence-electron chi connectivity index (χ1n) is 11.3. The van der Waals surface area contributed by atoms with Gasteiger partial charge < -0.3 is 16.0 Å². The number of hydrogen-bond acceptors (Lipinski definition) is 4. The van der Waals surface area contributed by atoms with Gasteiger partial charge in [0.1, 0.15) is 5.82 Å². The van der Waals surface area contributed by atoms with Crippen LogP contribution >= 0.6 is 0 Å². The molecule has 0 radical (unpaired) electrons. The van der Waals surface area contributed by atoms with E-state index in [0.29, 0.717) is 31.6 Å². The fourth-order valence-corrected chi connectivity index (χ4v) is 4.32. The molecule has 0 unspecified atom stereocenters. The van der Waals surface area contributed by atoms with Gasteiger partial charge in [0.15, 0.2) is 0 Å². The zero-order valence-corrected chi connectivity index (χ0v) is 19.3. The fourth-order valence-electron chi connectivity index (χ4n) is 4.32. The van der Waals surface area contributed by atoms with Crippen LogP contribution in [-0.4, -0.2) is 34.7 Å². The molecule has 8 heteroatoms. The largest absolute Gasteiger partial charge is 0.370 e. The molecule has 0 bridgehead atoms. The number of piperidine rings is 1. The lowest BCUT2D eigenvalue weighted by Gasteiger charge is -2.33. The van der Waals surface area contributed by atoms with E-state index in [1.807, 2.05) is 38.1 Å². The van der Waals surface area contributed by atoms with Crippen LogP contribution in [0.1, 0.15) is 29.8 Å². The zero-order chi connectivity index (χ0) is 24.2. The van der Waals surface area contributed by atoms with Crippen LogP contribution in [0.15, 0.2) is 54.6 Å². The molecular formula is C26H28FN5O2. The van der Waals surface area contributed by atoms with E-state index < -0.39 is 0 Å². The summed E-state index contributed by atoms with van der Waals surface area (Å²) in [5, 5.41) is 7.51. The second-order valence-electron chi connectivity index (χ2n) is 8.48. The van der Waals surface area contributed by atoms with E-state index in [0.717, 1.165) is 28.3 Å². The van der Waals surface area contributed by atoms with E-state index in [1.54, 1.807) is 22.9 Å². The number of benzene rings is 2. The van der Waals surface area contributed by atoms with Crippen LogP contribution in [0.3, 0.4) is 0 Å². The lowest BCUT2D eigenvalue weighted by molar-refractivity contribution is -0.122. The van der Waals surface area contributed by atoms with Gasteiger partial charge in [-0.2, -0.15) is 5.10 Å². The maximum absolute atomic E-state index is 13.3. The quantitative estimate of drug-likeness (QED) is 0.543. The number of anilines is 2. The molecule has 1 fully saturated rings. The number of para-hydroxylation sites is 2. The SMILES string of the molecule is Cc1nn(-c2ccc(F)cc2)c(C)c1/C=C/C(=O)Nc1ccccc1N1CCC(C(N)=O)CC1. The molecule has 2 aromatic carbocycles. The number of rotatable bonds is 6. The number of carbonyl (C=O) groups excluding carboxylic acids is 2. The van der Waals surface area contributed by atoms with Crippen LogP contribution in [0.25, 0.3) is 11.8 Å². The summed E-state index contributed by atoms with van der Waals surface area (Å²) in [4.78, 5) is 26.4. The van der Waals surface area contributed by atoms with E-state index in [9.17, 15) is 14.0 Å². The zero-order valence-electron chi connectivity index (χ0n) is 19.3. The molecule has 1 saturated heterocycles. The molecule has 0 saturated carbocycles. The second-order valence-corrected chi connectivity index (χ2v) is 8.48. The average molecular weight is 462 g/mol. The van der Waals surface area contributed by atoms with Crippen molar-refractivity contribution < 1.29 is 14.0 Å². The van der Waals surface area contributed by atoms with Crippen molar-refractivity contribution in [3.8, 4) is 5.69 Å². The molecule has 176 valence electrons. The molecule has 1 aliphatic rings. The van der Waals surface area contributed by atoms with Crippen LogP contribution in [0, 0.1) is 25.6 Å². The van der Waals surface area contributed by atoms with Gasteiger partial charge in [0.2, 0.25) is 11.8 Å². The summed E-state index contributed by atoms with van der Waals surface area (Å²) >= 11 is 0. The number of carbonyl (C=O) groups is 2. The van der Waals surface area contributed by atoms with Crippen molar-refractivity contribution in [1.82, 2.24) is 9.78 Å². The molecule has 3 N–H and O–H groups in total. The van der Waals surface area contributed by atoms with Gasteiger partial charge in [-0.1, -0.05) is 12.1 Å². The number of halogens is 1. The minimum Gasteiger partial charge on any atom is -0.370 e. The van der Waals surface area contributed by atoms with E-state index in [1.165, 1.54) is 18.2 Å². The number of amides is 2. The highest BCUT2D eigenvalue weighted by atomic mass is 19.1. The second kappa shape index (κ2) is 9.91. The third-order valence-corrected chi connectivity index (χ3v) is 6.22. The fraction of sp³-hybridized carbons (Fsp3) is 0.269. The highest BCUT2D eigenvalue weighted by Crippen LogP contribution is 2.30. The molecule has 7 nitrogen and oxygen atoms in total. The number of nitrogens with zero attached hydrogens (tertiary/aromatic N) is 3. The molecule has 0 atom stereocenters. The third kappa shape index (κ3) is 5.01. The summed E-state index contributed by atoms with van der Waals surface area (Å²) in [6, 6.07) is 13.7. The summed E-state index contributed by atoms with van der Waals surface area (Å²) in [5.41, 5.74) is 10.3. The van der Waals surface area contributed by atoms with Gasteiger partial charge >= 0.3 is 0 Å². The number of primary amides is 1. The molecule has 34 heavy (non-hydrogen) atoms. The minimum absolute atomic E-state index is 0.0942. The van der Waals surface area contributed by atoms with Crippen LogP contribution in [0.2, 0.25) is 0 Å². The summed E-state index contributed by atoms with van der Waals surface area (Å²) in [6.07, 6.45) is 4.64. The number of nitrogens with one attached hydrogen (secondary N) is 1. The molecule has 1 aromatic heterocycles. The Morgan fingerprint density at radius 1 is 1.09 bits per heavy atom. The van der Waals surface area contributed by atoms with Gasteiger partial charge in [-0.15, -0.1) is 0 Å². The summed E-state index contributed by atoms with van der Waals surface area (Å²) in [7, 11) is 0. The highest BCUT2D eigenvalue weighted by molar-refractivity contribution is 6.04. The molecule has 4 rings (SSSR count). The van der Waals surface area contributed by atoms with Gasteiger partial charge in [0, 0.05) is 36.3 Å². The Kier molecular flexibility index (Phi) is 6.77. The first-order valence-corrected chi connectivity index (χ1v) is 11.3. The van der Waals surface area contributed by atoms with Gasteiger partial charge in [-0.25, -0.2) is 9.07 Å². The van der Waals surface area contributed by atoms with Crippen molar-refractivity contribution >= 4 is 29.3 Å². The van der Waals surface area contributed by atoms with Crippen molar-refractivity contribution in [2.75, 3.05) is 23.3 Å². The van der Waals surface area contributed by atoms with Gasteiger partial charge in [0.05, 0.1) is 22.8 Å². The van der Waals surface area contributed by atoms with E-state index in [4.69, 9.17) is 5.73 Å².